The molecule has 3 aromatic heterocycles. The number of aryl methyl sites for hydroxylation is 1. The van der Waals surface area contributed by atoms with Crippen molar-refractivity contribution in [1.82, 2.24) is 19.5 Å². The number of alkyl halides is 3. The van der Waals surface area contributed by atoms with Gasteiger partial charge in [-0.1, -0.05) is 20.8 Å². The second-order valence-electron chi connectivity index (χ2n) is 6.81. The van der Waals surface area contributed by atoms with Gasteiger partial charge >= 0.3 is 6.18 Å². The predicted molar refractivity (Wildman–Crippen MR) is 119 cm³/mol. The molecule has 0 atom stereocenters. The molecule has 0 unspecified atom stereocenters. The Morgan fingerprint density at radius 3 is 2.44 bits per heavy atom. The zero-order valence-corrected chi connectivity index (χ0v) is 19.6. The van der Waals surface area contributed by atoms with Crippen LogP contribution in [-0.2, 0) is 23.0 Å². The Kier molecular flexibility index (Phi) is 6.94. The van der Waals surface area contributed by atoms with Gasteiger partial charge < -0.3 is 4.57 Å². The summed E-state index contributed by atoms with van der Waals surface area (Å²) >= 11 is 1.40. The van der Waals surface area contributed by atoms with E-state index < -0.39 is 27.4 Å². The number of amides is 1. The standard InChI is InChI=1S/C20H22F3N5O2S2/c1-5-31-15-8-12(19(29)27-32(30,6-2)7-3)10-24-16(15)18-26-14-9-13(20(21,22)23)11-25-17(14)28(18)4/h8-11H,5-7H2,1-4H3. The third-order valence-corrected chi connectivity index (χ3v) is 8.01. The fourth-order valence-corrected chi connectivity index (χ4v) is 4.85. The Morgan fingerprint density at radius 1 is 1.16 bits per heavy atom. The number of imidazole rings is 1. The van der Waals surface area contributed by atoms with Gasteiger partial charge in [-0.25, -0.2) is 14.2 Å². The minimum absolute atomic E-state index is 0.0901. The van der Waals surface area contributed by atoms with Crippen molar-refractivity contribution in [3.05, 3.63) is 35.7 Å². The lowest BCUT2D eigenvalue weighted by Gasteiger charge is -2.09. The van der Waals surface area contributed by atoms with E-state index in [1.54, 1.807) is 31.5 Å². The van der Waals surface area contributed by atoms with Gasteiger partial charge in [-0.3, -0.25) is 9.78 Å². The van der Waals surface area contributed by atoms with Gasteiger partial charge in [0.2, 0.25) is 0 Å². The lowest BCUT2D eigenvalue weighted by atomic mass is 10.2. The molecule has 0 spiro atoms. The number of carbonyl (C=O) groups is 1. The van der Waals surface area contributed by atoms with Crippen LogP contribution in [0.1, 0.15) is 36.7 Å². The van der Waals surface area contributed by atoms with Gasteiger partial charge in [0.15, 0.2) is 11.5 Å². The molecule has 0 aliphatic carbocycles. The van der Waals surface area contributed by atoms with Crippen molar-refractivity contribution in [2.45, 2.75) is 31.8 Å². The van der Waals surface area contributed by atoms with Crippen molar-refractivity contribution in [2.24, 2.45) is 11.4 Å². The quantitative estimate of drug-likeness (QED) is 0.466. The Balaban J connectivity index is 2.12. The molecule has 0 radical (unpaired) electrons. The topological polar surface area (TPSA) is 90.1 Å². The number of hydrogen-bond donors (Lipinski definition) is 0. The van der Waals surface area contributed by atoms with Gasteiger partial charge in [-0.15, -0.1) is 11.8 Å². The highest BCUT2D eigenvalue weighted by Gasteiger charge is 2.32. The molecule has 1 amide bonds. The maximum absolute atomic E-state index is 13.0. The van der Waals surface area contributed by atoms with E-state index >= 15 is 0 Å². The van der Waals surface area contributed by atoms with Crippen LogP contribution in [0.2, 0.25) is 0 Å². The number of fused-ring (bicyclic) bond motifs is 1. The van der Waals surface area contributed by atoms with Crippen molar-refractivity contribution in [3.8, 4) is 11.5 Å². The molecule has 0 aliphatic rings. The smallest absolute Gasteiger partial charge is 0.310 e. The number of halogens is 3. The first-order valence-electron chi connectivity index (χ1n) is 9.82. The molecule has 3 aromatic rings. The molecule has 0 N–H and O–H groups in total. The van der Waals surface area contributed by atoms with Crippen molar-refractivity contribution < 1.29 is 22.2 Å². The van der Waals surface area contributed by atoms with Crippen molar-refractivity contribution in [1.29, 1.82) is 0 Å². The van der Waals surface area contributed by atoms with Crippen LogP contribution in [0, 0.1) is 0 Å². The average Bonchev–Trinajstić information content (AvgIpc) is 3.09. The molecule has 12 heteroatoms. The zero-order chi connectivity index (χ0) is 23.7. The lowest BCUT2D eigenvalue weighted by molar-refractivity contribution is -0.137. The highest BCUT2D eigenvalue weighted by atomic mass is 32.2. The Hall–Kier alpha value is -2.47. The molecule has 0 aromatic carbocycles. The normalized spacial score (nSPS) is 12.3. The van der Waals surface area contributed by atoms with Crippen LogP contribution in [0.4, 0.5) is 13.2 Å². The van der Waals surface area contributed by atoms with E-state index in [1.807, 2.05) is 6.92 Å². The minimum Gasteiger partial charge on any atom is -0.310 e. The first-order chi connectivity index (χ1) is 15.0. The number of aromatic nitrogens is 4. The number of thioether (sulfide) groups is 1. The monoisotopic (exact) mass is 485 g/mol. The number of carbonyl (C=O) groups excluding carboxylic acids is 1. The third kappa shape index (κ3) is 4.80. The summed E-state index contributed by atoms with van der Waals surface area (Å²) in [6.07, 6.45) is -2.44. The van der Waals surface area contributed by atoms with Gasteiger partial charge in [0, 0.05) is 35.8 Å². The van der Waals surface area contributed by atoms with Crippen LogP contribution >= 0.6 is 11.8 Å². The summed E-state index contributed by atoms with van der Waals surface area (Å²) in [4.78, 5) is 25.8. The van der Waals surface area contributed by atoms with Gasteiger partial charge in [-0.2, -0.15) is 17.5 Å². The number of pyridine rings is 2. The van der Waals surface area contributed by atoms with E-state index in [4.69, 9.17) is 0 Å². The SMILES string of the molecule is CCSc1cc(C(=O)N=S(=O)(CC)CC)cnc1-c1nc2cc(C(F)(F)F)cnc2n1C. The molecule has 0 saturated heterocycles. The molecule has 7 nitrogen and oxygen atoms in total. The van der Waals surface area contributed by atoms with Crippen molar-refractivity contribution in [2.75, 3.05) is 17.3 Å². The molecular formula is C20H22F3N5O2S2. The van der Waals surface area contributed by atoms with E-state index in [9.17, 15) is 22.2 Å². The molecule has 172 valence electrons. The van der Waals surface area contributed by atoms with E-state index in [1.165, 1.54) is 18.0 Å². The molecule has 0 aliphatic heterocycles. The molecule has 3 heterocycles. The van der Waals surface area contributed by atoms with Crippen molar-refractivity contribution >= 4 is 38.6 Å². The summed E-state index contributed by atoms with van der Waals surface area (Å²) < 4.78 is 57.1. The zero-order valence-electron chi connectivity index (χ0n) is 17.9. The first-order valence-corrected chi connectivity index (χ1v) is 12.7. The van der Waals surface area contributed by atoms with Crippen LogP contribution in [0.25, 0.3) is 22.7 Å². The van der Waals surface area contributed by atoms with Gasteiger partial charge in [-0.05, 0) is 17.9 Å². The Labute approximate surface area is 188 Å². The largest absolute Gasteiger partial charge is 0.417 e. The lowest BCUT2D eigenvalue weighted by Crippen LogP contribution is -2.10. The summed E-state index contributed by atoms with van der Waals surface area (Å²) in [5.41, 5.74) is 0.0869. The van der Waals surface area contributed by atoms with Crippen LogP contribution < -0.4 is 0 Å². The van der Waals surface area contributed by atoms with E-state index in [-0.39, 0.29) is 28.2 Å². The fraction of sp³-hybridized carbons (Fsp3) is 0.400. The second kappa shape index (κ2) is 9.18. The van der Waals surface area contributed by atoms with Gasteiger partial charge in [0.25, 0.3) is 5.91 Å². The molecule has 0 saturated carbocycles. The summed E-state index contributed by atoms with van der Waals surface area (Å²) in [5, 5.41) is 0. The maximum Gasteiger partial charge on any atom is 0.417 e. The highest BCUT2D eigenvalue weighted by Crippen LogP contribution is 2.34. The van der Waals surface area contributed by atoms with Crippen molar-refractivity contribution in [3.63, 3.8) is 0 Å². The second-order valence-corrected chi connectivity index (χ2v) is 11.0. The number of rotatable bonds is 6. The summed E-state index contributed by atoms with van der Waals surface area (Å²) in [7, 11) is -0.978. The van der Waals surface area contributed by atoms with E-state index in [2.05, 4.69) is 19.3 Å². The minimum atomic E-state index is -4.53. The fourth-order valence-electron chi connectivity index (χ4n) is 2.97. The number of nitrogens with zero attached hydrogens (tertiary/aromatic N) is 5. The van der Waals surface area contributed by atoms with Crippen LogP contribution in [0.3, 0.4) is 0 Å². The van der Waals surface area contributed by atoms with Crippen LogP contribution in [0.5, 0.6) is 0 Å². The highest BCUT2D eigenvalue weighted by molar-refractivity contribution is 7.99. The van der Waals surface area contributed by atoms with Crippen LogP contribution in [-0.4, -0.2) is 46.9 Å². The summed E-state index contributed by atoms with van der Waals surface area (Å²) in [5.74, 6) is 0.903. The summed E-state index contributed by atoms with van der Waals surface area (Å²) in [6, 6.07) is 2.54. The van der Waals surface area contributed by atoms with Gasteiger partial charge in [0.05, 0.1) is 20.9 Å². The molecule has 3 rings (SSSR count). The first kappa shape index (κ1) is 24.2. The van der Waals surface area contributed by atoms with E-state index in [0.29, 0.717) is 22.2 Å². The molecular weight excluding hydrogens is 463 g/mol. The summed E-state index contributed by atoms with van der Waals surface area (Å²) in [6.45, 7) is 5.35. The number of hydrogen-bond acceptors (Lipinski definition) is 6. The van der Waals surface area contributed by atoms with Gasteiger partial charge in [0.1, 0.15) is 11.2 Å². The molecule has 32 heavy (non-hydrogen) atoms. The molecule has 0 fully saturated rings. The molecule has 0 bridgehead atoms. The predicted octanol–water partition coefficient (Wildman–Crippen LogP) is 4.81. The maximum atomic E-state index is 13.0. The van der Waals surface area contributed by atoms with Crippen LogP contribution in [0.15, 0.2) is 33.8 Å². The Bertz CT molecular complexity index is 1280. The third-order valence-electron chi connectivity index (χ3n) is 4.80. The Morgan fingerprint density at radius 2 is 1.84 bits per heavy atom. The van der Waals surface area contributed by atoms with E-state index in [0.717, 1.165) is 12.3 Å². The average molecular weight is 486 g/mol.